The van der Waals surface area contributed by atoms with Crippen molar-refractivity contribution in [3.05, 3.63) is 59.2 Å². The van der Waals surface area contributed by atoms with Gasteiger partial charge in [0.05, 0.1) is 16.8 Å². The average Bonchev–Trinajstić information content (AvgIpc) is 2.92. The molecular formula is C24H23NO3. The van der Waals surface area contributed by atoms with E-state index < -0.39 is 0 Å². The van der Waals surface area contributed by atoms with Gasteiger partial charge in [0.1, 0.15) is 5.75 Å². The van der Waals surface area contributed by atoms with E-state index in [1.807, 2.05) is 12.1 Å². The fourth-order valence-electron chi connectivity index (χ4n) is 6.87. The zero-order chi connectivity index (χ0) is 19.0. The number of fused-ring (bicyclic) bond motifs is 1. The van der Waals surface area contributed by atoms with Crippen LogP contribution >= 0.6 is 0 Å². The van der Waals surface area contributed by atoms with E-state index in [0.717, 1.165) is 17.8 Å². The van der Waals surface area contributed by atoms with Gasteiger partial charge in [0.25, 0.3) is 11.8 Å². The third kappa shape index (κ3) is 2.17. The summed E-state index contributed by atoms with van der Waals surface area (Å²) >= 11 is 0. The van der Waals surface area contributed by atoms with Crippen LogP contribution in [0, 0.1) is 17.8 Å². The van der Waals surface area contributed by atoms with Crippen LogP contribution in [0.25, 0.3) is 0 Å². The molecule has 5 aliphatic rings. The number of phenolic OH excluding ortho intramolecular Hbond substituents is 1. The summed E-state index contributed by atoms with van der Waals surface area (Å²) in [7, 11) is 0. The Kier molecular flexibility index (Phi) is 3.19. The highest BCUT2D eigenvalue weighted by Gasteiger charge is 2.52. The first-order valence-electron chi connectivity index (χ1n) is 10.3. The van der Waals surface area contributed by atoms with Crippen molar-refractivity contribution in [2.45, 2.75) is 43.9 Å². The monoisotopic (exact) mass is 373 g/mol. The molecule has 2 aromatic carbocycles. The number of carbonyl (C=O) groups excluding carboxylic acids is 2. The summed E-state index contributed by atoms with van der Waals surface area (Å²) in [4.78, 5) is 27.2. The average molecular weight is 373 g/mol. The second-order valence-corrected chi connectivity index (χ2v) is 9.42. The number of imide groups is 1. The highest BCUT2D eigenvalue weighted by Crippen LogP contribution is 2.60. The van der Waals surface area contributed by atoms with Crippen molar-refractivity contribution in [2.75, 3.05) is 4.90 Å². The Morgan fingerprint density at radius 3 is 1.96 bits per heavy atom. The van der Waals surface area contributed by atoms with Crippen LogP contribution in [0.2, 0.25) is 0 Å². The number of rotatable bonds is 2. The van der Waals surface area contributed by atoms with Crippen LogP contribution in [0.3, 0.4) is 0 Å². The van der Waals surface area contributed by atoms with Crippen LogP contribution in [0.1, 0.15) is 64.8 Å². The Balaban J connectivity index is 1.39. The first-order valence-corrected chi connectivity index (χ1v) is 10.3. The molecule has 0 atom stereocenters. The summed E-state index contributed by atoms with van der Waals surface area (Å²) in [6, 6.07) is 12.2. The van der Waals surface area contributed by atoms with Crippen LogP contribution in [-0.4, -0.2) is 16.9 Å². The standard InChI is InChI=1S/C24H23NO3/c26-19-4-2-18(3-5-19)25-22(27)20-6-1-17(10-21(20)23(25)28)24-11-14-7-15(12-24)9-16(8-14)13-24/h1-6,10,14-16,26H,7-9,11-13H2. The lowest BCUT2D eigenvalue weighted by Crippen LogP contribution is -2.48. The van der Waals surface area contributed by atoms with Gasteiger partial charge in [-0.1, -0.05) is 6.07 Å². The number of aromatic hydroxyl groups is 1. The van der Waals surface area contributed by atoms with Gasteiger partial charge in [0.2, 0.25) is 0 Å². The summed E-state index contributed by atoms with van der Waals surface area (Å²) in [6.07, 6.45) is 7.87. The predicted molar refractivity (Wildman–Crippen MR) is 106 cm³/mol. The maximum Gasteiger partial charge on any atom is 0.266 e. The Labute approximate surface area is 164 Å². The number of amides is 2. The molecule has 0 radical (unpaired) electrons. The number of anilines is 1. The maximum atomic E-state index is 13.1. The maximum absolute atomic E-state index is 13.1. The van der Waals surface area contributed by atoms with E-state index in [-0.39, 0.29) is 23.0 Å². The Bertz CT molecular complexity index is 972. The molecule has 4 heteroatoms. The van der Waals surface area contributed by atoms with E-state index in [1.165, 1.54) is 61.1 Å². The number of carbonyl (C=O) groups is 2. The quantitative estimate of drug-likeness (QED) is 0.779. The zero-order valence-corrected chi connectivity index (χ0v) is 15.7. The van der Waals surface area contributed by atoms with Gasteiger partial charge in [-0.25, -0.2) is 4.90 Å². The third-order valence-electron chi connectivity index (χ3n) is 7.65. The second kappa shape index (κ2) is 5.47. The van der Waals surface area contributed by atoms with Gasteiger partial charge in [-0.15, -0.1) is 0 Å². The lowest BCUT2D eigenvalue weighted by molar-refractivity contribution is -0.00520. The molecule has 7 rings (SSSR count). The molecule has 1 aliphatic heterocycles. The van der Waals surface area contributed by atoms with Crippen molar-refractivity contribution in [3.63, 3.8) is 0 Å². The molecule has 2 amide bonds. The molecule has 4 aliphatic carbocycles. The van der Waals surface area contributed by atoms with Crippen molar-refractivity contribution in [1.82, 2.24) is 0 Å². The minimum Gasteiger partial charge on any atom is -0.508 e. The number of hydrogen-bond acceptors (Lipinski definition) is 3. The van der Waals surface area contributed by atoms with Crippen molar-refractivity contribution in [2.24, 2.45) is 17.8 Å². The van der Waals surface area contributed by atoms with Gasteiger partial charge >= 0.3 is 0 Å². The molecule has 0 saturated heterocycles. The summed E-state index contributed by atoms with van der Waals surface area (Å²) in [6.45, 7) is 0. The summed E-state index contributed by atoms with van der Waals surface area (Å²) in [5.74, 6) is 2.10. The molecule has 142 valence electrons. The first kappa shape index (κ1) is 16.3. The SMILES string of the molecule is O=C1c2ccc(C34CC5CC(CC(C5)C3)C4)cc2C(=O)N1c1ccc(O)cc1. The van der Waals surface area contributed by atoms with Gasteiger partial charge in [0.15, 0.2) is 0 Å². The van der Waals surface area contributed by atoms with E-state index in [9.17, 15) is 14.7 Å². The van der Waals surface area contributed by atoms with Crippen LogP contribution in [0.15, 0.2) is 42.5 Å². The van der Waals surface area contributed by atoms with Gasteiger partial charge in [0, 0.05) is 0 Å². The molecule has 4 nitrogen and oxygen atoms in total. The normalized spacial score (nSPS) is 32.9. The molecule has 2 aromatic rings. The fourth-order valence-corrected chi connectivity index (χ4v) is 6.87. The Morgan fingerprint density at radius 2 is 1.36 bits per heavy atom. The van der Waals surface area contributed by atoms with Crippen molar-refractivity contribution in [3.8, 4) is 5.75 Å². The molecule has 28 heavy (non-hydrogen) atoms. The second-order valence-electron chi connectivity index (χ2n) is 9.42. The lowest BCUT2D eigenvalue weighted by Gasteiger charge is -2.57. The molecule has 0 aromatic heterocycles. The first-order chi connectivity index (χ1) is 13.5. The summed E-state index contributed by atoms with van der Waals surface area (Å²) in [5.41, 5.74) is 3.00. The molecule has 1 N–H and O–H groups in total. The van der Waals surface area contributed by atoms with Gasteiger partial charge in [-0.2, -0.15) is 0 Å². The van der Waals surface area contributed by atoms with Crippen LogP contribution in [0.5, 0.6) is 5.75 Å². The van der Waals surface area contributed by atoms with E-state index in [2.05, 4.69) is 6.07 Å². The number of phenols is 1. The third-order valence-corrected chi connectivity index (χ3v) is 7.65. The topological polar surface area (TPSA) is 57.6 Å². The van der Waals surface area contributed by atoms with Crippen LogP contribution in [-0.2, 0) is 5.41 Å². The van der Waals surface area contributed by atoms with E-state index in [1.54, 1.807) is 12.1 Å². The number of hydrogen-bond donors (Lipinski definition) is 1. The van der Waals surface area contributed by atoms with E-state index in [4.69, 9.17) is 0 Å². The predicted octanol–water partition coefficient (Wildman–Crippen LogP) is 4.66. The van der Waals surface area contributed by atoms with Crippen molar-refractivity contribution in [1.29, 1.82) is 0 Å². The Morgan fingerprint density at radius 1 is 0.786 bits per heavy atom. The van der Waals surface area contributed by atoms with Gasteiger partial charge < -0.3 is 5.11 Å². The summed E-state index contributed by atoms with van der Waals surface area (Å²) < 4.78 is 0. The smallest absolute Gasteiger partial charge is 0.266 e. The van der Waals surface area contributed by atoms with E-state index >= 15 is 0 Å². The molecule has 4 saturated carbocycles. The summed E-state index contributed by atoms with van der Waals surface area (Å²) in [5, 5.41) is 9.50. The molecule has 0 unspecified atom stereocenters. The minimum absolute atomic E-state index is 0.115. The van der Waals surface area contributed by atoms with Crippen molar-refractivity contribution >= 4 is 17.5 Å². The number of benzene rings is 2. The zero-order valence-electron chi connectivity index (χ0n) is 15.7. The highest BCUT2D eigenvalue weighted by atomic mass is 16.3. The minimum atomic E-state index is -0.275. The highest BCUT2D eigenvalue weighted by molar-refractivity contribution is 6.34. The van der Waals surface area contributed by atoms with Crippen molar-refractivity contribution < 1.29 is 14.7 Å². The molecular weight excluding hydrogens is 350 g/mol. The Hall–Kier alpha value is -2.62. The van der Waals surface area contributed by atoms with Gasteiger partial charge in [-0.05, 0) is 104 Å². The molecule has 0 spiro atoms. The van der Waals surface area contributed by atoms with Crippen LogP contribution < -0.4 is 4.90 Å². The molecule has 4 bridgehead atoms. The largest absolute Gasteiger partial charge is 0.508 e. The fraction of sp³-hybridized carbons (Fsp3) is 0.417. The molecule has 1 heterocycles. The molecule has 4 fully saturated rings. The van der Waals surface area contributed by atoms with Crippen LogP contribution in [0.4, 0.5) is 5.69 Å². The lowest BCUT2D eigenvalue weighted by atomic mass is 9.48. The van der Waals surface area contributed by atoms with E-state index in [0.29, 0.717) is 16.8 Å². The van der Waals surface area contributed by atoms with Gasteiger partial charge in [-0.3, -0.25) is 9.59 Å². The number of nitrogens with zero attached hydrogens (tertiary/aromatic N) is 1.